The van der Waals surface area contributed by atoms with Crippen LogP contribution in [0.5, 0.6) is 0 Å². The Bertz CT molecular complexity index is 178. The van der Waals surface area contributed by atoms with Crippen molar-refractivity contribution in [2.24, 2.45) is 0 Å². The number of esters is 1. The molecule has 0 aliphatic heterocycles. The van der Waals surface area contributed by atoms with Gasteiger partial charge >= 0.3 is 5.97 Å². The van der Waals surface area contributed by atoms with Gasteiger partial charge in [-0.3, -0.25) is 4.79 Å². The topological polar surface area (TPSA) is 26.3 Å². The molecule has 0 aromatic carbocycles. The highest BCUT2D eigenvalue weighted by atomic mass is 16.5. The summed E-state index contributed by atoms with van der Waals surface area (Å²) in [5, 5.41) is 0. The number of quaternary nitrogens is 1. The minimum absolute atomic E-state index is 0.0560. The van der Waals surface area contributed by atoms with E-state index < -0.39 is 0 Å². The molecule has 15 heavy (non-hydrogen) atoms. The third kappa shape index (κ3) is 8.43. The Morgan fingerprint density at radius 1 is 1.13 bits per heavy atom. The van der Waals surface area contributed by atoms with Crippen molar-refractivity contribution in [2.75, 3.05) is 33.8 Å². The smallest absolute Gasteiger partial charge is 0.311 e. The van der Waals surface area contributed by atoms with E-state index in [2.05, 4.69) is 21.0 Å². The van der Waals surface area contributed by atoms with Crippen molar-refractivity contribution in [3.05, 3.63) is 0 Å². The molecule has 0 unspecified atom stereocenters. The van der Waals surface area contributed by atoms with Crippen LogP contribution >= 0.6 is 0 Å². The largest absolute Gasteiger partial charge is 0.466 e. The van der Waals surface area contributed by atoms with Gasteiger partial charge in [0.2, 0.25) is 0 Å². The first-order valence-electron chi connectivity index (χ1n) is 5.99. The number of hydrogen-bond donors (Lipinski definition) is 0. The van der Waals surface area contributed by atoms with Crippen molar-refractivity contribution in [2.45, 2.75) is 39.5 Å². The van der Waals surface area contributed by atoms with Gasteiger partial charge in [0.05, 0.1) is 40.2 Å². The third-order valence-electron chi connectivity index (χ3n) is 2.51. The molecule has 0 N–H and O–H groups in total. The van der Waals surface area contributed by atoms with Gasteiger partial charge in [-0.2, -0.15) is 0 Å². The van der Waals surface area contributed by atoms with Gasteiger partial charge in [-0.25, -0.2) is 0 Å². The van der Waals surface area contributed by atoms with Crippen molar-refractivity contribution in [3.63, 3.8) is 0 Å². The molecule has 0 amide bonds. The number of carbonyl (C=O) groups is 1. The normalized spacial score (nSPS) is 11.5. The Balaban J connectivity index is 3.67. The first kappa shape index (κ1) is 14.4. The van der Waals surface area contributed by atoms with Crippen LogP contribution in [0.3, 0.4) is 0 Å². The average Bonchev–Trinajstić information content (AvgIpc) is 2.21. The van der Waals surface area contributed by atoms with E-state index in [0.717, 1.165) is 24.0 Å². The Labute approximate surface area is 94.0 Å². The fraction of sp³-hybridized carbons (Fsp3) is 0.917. The minimum atomic E-state index is -0.0560. The Morgan fingerprint density at radius 2 is 1.80 bits per heavy atom. The van der Waals surface area contributed by atoms with Crippen LogP contribution in [0.4, 0.5) is 0 Å². The molecule has 0 saturated heterocycles. The van der Waals surface area contributed by atoms with Gasteiger partial charge in [-0.15, -0.1) is 0 Å². The summed E-state index contributed by atoms with van der Waals surface area (Å²) in [7, 11) is 4.34. The zero-order valence-electron chi connectivity index (χ0n) is 10.7. The minimum Gasteiger partial charge on any atom is -0.466 e. The third-order valence-corrected chi connectivity index (χ3v) is 2.51. The lowest BCUT2D eigenvalue weighted by Crippen LogP contribution is -2.42. The molecule has 3 heteroatoms. The van der Waals surface area contributed by atoms with Gasteiger partial charge in [0.15, 0.2) is 0 Å². The van der Waals surface area contributed by atoms with Crippen LogP contribution in [0, 0.1) is 0 Å². The predicted octanol–water partition coefficient (Wildman–Crippen LogP) is 2.21. The maximum atomic E-state index is 11.3. The molecule has 0 heterocycles. The molecule has 0 aromatic heterocycles. The second kappa shape index (κ2) is 7.69. The summed E-state index contributed by atoms with van der Waals surface area (Å²) < 4.78 is 5.95. The standard InChI is InChI=1S/C12H26NO2/c1-5-7-9-13(3,4)10-8-12(14)15-11-6-2/h5-11H2,1-4H3/q+1. The van der Waals surface area contributed by atoms with Crippen LogP contribution in [0.2, 0.25) is 0 Å². The molecule has 0 rings (SSSR count). The number of rotatable bonds is 8. The summed E-state index contributed by atoms with van der Waals surface area (Å²) in [4.78, 5) is 11.3. The number of nitrogens with zero attached hydrogens (tertiary/aromatic N) is 1. The van der Waals surface area contributed by atoms with Crippen molar-refractivity contribution >= 4 is 5.97 Å². The maximum absolute atomic E-state index is 11.3. The van der Waals surface area contributed by atoms with Crippen LogP contribution < -0.4 is 0 Å². The molecule has 0 aliphatic rings. The molecule has 90 valence electrons. The summed E-state index contributed by atoms with van der Waals surface area (Å²) in [6.45, 7) is 6.77. The van der Waals surface area contributed by atoms with Crippen LogP contribution in [0.15, 0.2) is 0 Å². The van der Waals surface area contributed by atoms with Gasteiger partial charge in [-0.05, 0) is 12.8 Å². The summed E-state index contributed by atoms with van der Waals surface area (Å²) >= 11 is 0. The molecule has 0 aliphatic carbocycles. The second-order valence-electron chi connectivity index (χ2n) is 4.71. The summed E-state index contributed by atoms with van der Waals surface area (Å²) in [5.41, 5.74) is 0. The van der Waals surface area contributed by atoms with E-state index in [4.69, 9.17) is 4.74 Å². The molecule has 0 fully saturated rings. The summed E-state index contributed by atoms with van der Waals surface area (Å²) in [5.74, 6) is -0.0560. The van der Waals surface area contributed by atoms with Crippen molar-refractivity contribution in [1.29, 1.82) is 0 Å². The first-order valence-corrected chi connectivity index (χ1v) is 5.99. The van der Waals surface area contributed by atoms with Gasteiger partial charge in [0, 0.05) is 0 Å². The monoisotopic (exact) mass is 216 g/mol. The lowest BCUT2D eigenvalue weighted by molar-refractivity contribution is -0.890. The molecule has 0 spiro atoms. The van der Waals surface area contributed by atoms with Gasteiger partial charge in [0.1, 0.15) is 0 Å². The Hall–Kier alpha value is -0.570. The highest BCUT2D eigenvalue weighted by Crippen LogP contribution is 2.04. The summed E-state index contributed by atoms with van der Waals surface area (Å²) in [6, 6.07) is 0. The molecular formula is C12H26NO2+. The van der Waals surface area contributed by atoms with E-state index >= 15 is 0 Å². The van der Waals surface area contributed by atoms with Gasteiger partial charge in [0.25, 0.3) is 0 Å². The molecule has 0 aromatic rings. The zero-order chi connectivity index (χ0) is 11.7. The molecular weight excluding hydrogens is 190 g/mol. The first-order chi connectivity index (χ1) is 7.02. The fourth-order valence-electron chi connectivity index (χ4n) is 1.38. The second-order valence-corrected chi connectivity index (χ2v) is 4.71. The fourth-order valence-corrected chi connectivity index (χ4v) is 1.38. The number of unbranched alkanes of at least 4 members (excludes halogenated alkanes) is 1. The molecule has 0 radical (unpaired) electrons. The molecule has 0 saturated carbocycles. The predicted molar refractivity (Wildman–Crippen MR) is 62.6 cm³/mol. The lowest BCUT2D eigenvalue weighted by atomic mass is 10.2. The van der Waals surface area contributed by atoms with Crippen LogP contribution in [-0.4, -0.2) is 44.2 Å². The van der Waals surface area contributed by atoms with E-state index in [9.17, 15) is 4.79 Å². The maximum Gasteiger partial charge on any atom is 0.311 e. The van der Waals surface area contributed by atoms with E-state index in [1.54, 1.807) is 0 Å². The highest BCUT2D eigenvalue weighted by molar-refractivity contribution is 5.69. The number of carbonyl (C=O) groups excluding carboxylic acids is 1. The molecule has 0 bridgehead atoms. The van der Waals surface area contributed by atoms with E-state index in [0.29, 0.717) is 13.0 Å². The van der Waals surface area contributed by atoms with Crippen LogP contribution in [-0.2, 0) is 9.53 Å². The van der Waals surface area contributed by atoms with E-state index in [-0.39, 0.29) is 5.97 Å². The van der Waals surface area contributed by atoms with Crippen molar-refractivity contribution < 1.29 is 14.0 Å². The average molecular weight is 216 g/mol. The lowest BCUT2D eigenvalue weighted by Gasteiger charge is -2.29. The van der Waals surface area contributed by atoms with E-state index in [1.807, 2.05) is 6.92 Å². The van der Waals surface area contributed by atoms with E-state index in [1.165, 1.54) is 12.8 Å². The SMILES string of the molecule is CCCC[N+](C)(C)CCC(=O)OCCC. The zero-order valence-corrected chi connectivity index (χ0v) is 10.7. The Kier molecular flexibility index (Phi) is 7.39. The molecule has 0 atom stereocenters. The highest BCUT2D eigenvalue weighted by Gasteiger charge is 2.16. The van der Waals surface area contributed by atoms with Crippen LogP contribution in [0.25, 0.3) is 0 Å². The summed E-state index contributed by atoms with van der Waals surface area (Å²) in [6.07, 6.45) is 3.87. The Morgan fingerprint density at radius 3 is 2.33 bits per heavy atom. The van der Waals surface area contributed by atoms with Gasteiger partial charge in [-0.1, -0.05) is 20.3 Å². The number of ether oxygens (including phenoxy) is 1. The van der Waals surface area contributed by atoms with Crippen LogP contribution in [0.1, 0.15) is 39.5 Å². The van der Waals surface area contributed by atoms with Gasteiger partial charge < -0.3 is 9.22 Å². The number of hydrogen-bond acceptors (Lipinski definition) is 2. The quantitative estimate of drug-likeness (QED) is 0.459. The molecule has 3 nitrogen and oxygen atoms in total. The van der Waals surface area contributed by atoms with Crippen molar-refractivity contribution in [1.82, 2.24) is 0 Å². The van der Waals surface area contributed by atoms with Crippen molar-refractivity contribution in [3.8, 4) is 0 Å².